The van der Waals surface area contributed by atoms with Crippen molar-refractivity contribution in [2.45, 2.75) is 30.8 Å². The minimum atomic E-state index is -1.86. The van der Waals surface area contributed by atoms with Crippen LogP contribution in [0.5, 0.6) is 5.75 Å². The Morgan fingerprint density at radius 3 is 2.80 bits per heavy atom. The fourth-order valence-electron chi connectivity index (χ4n) is 3.39. The molecular weight excluding hydrogens is 413 g/mol. The maximum absolute atomic E-state index is 14.7. The number of halogens is 1. The highest BCUT2D eigenvalue weighted by Crippen LogP contribution is 2.44. The number of nitrogens with two attached hydrogens (primary N) is 1. The lowest BCUT2D eigenvalue weighted by Gasteiger charge is -2.19. The molecule has 0 bridgehead atoms. The molecule has 0 spiro atoms. The number of thiazole rings is 1. The normalized spacial score (nSPS) is 26.2. The fourth-order valence-corrected chi connectivity index (χ4v) is 4.39. The number of carbonyl (C=O) groups excluding carboxylic acids is 1. The van der Waals surface area contributed by atoms with Gasteiger partial charge in [-0.05, 0) is 13.0 Å². The number of benzene rings is 1. The maximum atomic E-state index is 14.7. The van der Waals surface area contributed by atoms with E-state index in [0.29, 0.717) is 22.7 Å². The molecule has 2 aliphatic heterocycles. The molecule has 8 nitrogen and oxygen atoms in total. The first-order valence-electron chi connectivity index (χ1n) is 9.17. The van der Waals surface area contributed by atoms with Gasteiger partial charge in [-0.15, -0.1) is 11.3 Å². The van der Waals surface area contributed by atoms with Crippen LogP contribution in [-0.4, -0.2) is 56.9 Å². The summed E-state index contributed by atoms with van der Waals surface area (Å²) in [6.07, 6.45) is -1.21. The van der Waals surface area contributed by atoms with E-state index in [1.165, 1.54) is 17.9 Å². The minimum absolute atomic E-state index is 0.0662. The van der Waals surface area contributed by atoms with Crippen molar-refractivity contribution in [2.24, 2.45) is 5.73 Å². The van der Waals surface area contributed by atoms with Gasteiger partial charge in [0.05, 0.1) is 16.1 Å². The Hall–Kier alpha value is -2.55. The number of likely N-dealkylation sites (N-methyl/N-ethyl adjacent to an activating group) is 1. The molecule has 1 saturated heterocycles. The molecule has 0 aliphatic carbocycles. The van der Waals surface area contributed by atoms with E-state index in [1.807, 2.05) is 0 Å². The highest BCUT2D eigenvalue weighted by atomic mass is 32.1. The summed E-state index contributed by atoms with van der Waals surface area (Å²) in [7, 11) is 1.56. The summed E-state index contributed by atoms with van der Waals surface area (Å²) in [6, 6.07) is 2.51. The van der Waals surface area contributed by atoms with Crippen LogP contribution in [-0.2, 0) is 10.4 Å². The topological polar surface area (TPSA) is 129 Å². The first-order valence-corrected chi connectivity index (χ1v) is 9.98. The molecule has 0 saturated carbocycles. The molecule has 3 unspecified atom stereocenters. The third-order valence-corrected chi connectivity index (χ3v) is 6.51. The number of aliphatic hydroxyl groups is 3. The molecule has 0 radical (unpaired) electrons. The van der Waals surface area contributed by atoms with Crippen LogP contribution in [0.1, 0.15) is 35.0 Å². The molecule has 2 aromatic rings. The zero-order valence-corrected chi connectivity index (χ0v) is 17.1. The Morgan fingerprint density at radius 1 is 1.43 bits per heavy atom. The number of nitrogens with zero attached hydrogens (tertiary/aromatic N) is 2. The Labute approximate surface area is 175 Å². The minimum Gasteiger partial charge on any atom is -0.489 e. The van der Waals surface area contributed by atoms with Crippen LogP contribution in [0.3, 0.4) is 0 Å². The van der Waals surface area contributed by atoms with Crippen LogP contribution in [0.2, 0.25) is 0 Å². The number of aliphatic hydroxyl groups excluding tert-OH is 1. The number of rotatable bonds is 1. The van der Waals surface area contributed by atoms with E-state index in [4.69, 9.17) is 10.5 Å². The summed E-state index contributed by atoms with van der Waals surface area (Å²) in [6.45, 7) is 1.73. The predicted octanol–water partition coefficient (Wildman–Crippen LogP) is 0.443. The van der Waals surface area contributed by atoms with Gasteiger partial charge in [-0.3, -0.25) is 4.79 Å². The highest BCUT2D eigenvalue weighted by molar-refractivity contribution is 7.12. The molecule has 2 aliphatic rings. The van der Waals surface area contributed by atoms with Crippen LogP contribution >= 0.6 is 11.3 Å². The lowest BCUT2D eigenvalue weighted by atomic mass is 9.99. The monoisotopic (exact) mass is 433 g/mol. The second-order valence-electron chi connectivity index (χ2n) is 7.65. The molecular formula is C20H20FN3O5S. The lowest BCUT2D eigenvalue weighted by molar-refractivity contribution is -0.137. The van der Waals surface area contributed by atoms with E-state index in [-0.39, 0.29) is 29.3 Å². The average molecular weight is 433 g/mol. The SMILES string of the molecule is CN1CCC(O)(C#Cc2cc3c(cc2F)OCC(C)(O)c2sc(C(N)O)nc2-3)C1=O. The van der Waals surface area contributed by atoms with Gasteiger partial charge >= 0.3 is 0 Å². The molecule has 1 aromatic heterocycles. The zero-order chi connectivity index (χ0) is 21.8. The summed E-state index contributed by atoms with van der Waals surface area (Å²) in [5, 5.41) is 31.1. The number of likely N-dealkylation sites (tertiary alicyclic amines) is 1. The van der Waals surface area contributed by atoms with Crippen LogP contribution < -0.4 is 10.5 Å². The van der Waals surface area contributed by atoms with Crippen LogP contribution in [0.4, 0.5) is 4.39 Å². The summed E-state index contributed by atoms with van der Waals surface area (Å²) in [5.41, 5.74) is 2.83. The number of carbonyl (C=O) groups is 1. The summed E-state index contributed by atoms with van der Waals surface area (Å²) < 4.78 is 20.3. The van der Waals surface area contributed by atoms with Crippen molar-refractivity contribution in [1.29, 1.82) is 0 Å². The Bertz CT molecular complexity index is 1100. The van der Waals surface area contributed by atoms with Crippen molar-refractivity contribution < 1.29 is 29.2 Å². The van der Waals surface area contributed by atoms with Gasteiger partial charge in [0.25, 0.3) is 5.91 Å². The van der Waals surface area contributed by atoms with E-state index in [0.717, 1.165) is 17.4 Å². The Kier molecular flexibility index (Phi) is 4.84. The average Bonchev–Trinajstić information content (AvgIpc) is 3.22. The number of hydrogen-bond acceptors (Lipinski definition) is 8. The molecule has 30 heavy (non-hydrogen) atoms. The Balaban J connectivity index is 1.83. The quantitative estimate of drug-likeness (QED) is 0.379. The van der Waals surface area contributed by atoms with Crippen molar-refractivity contribution in [2.75, 3.05) is 20.2 Å². The summed E-state index contributed by atoms with van der Waals surface area (Å²) >= 11 is 1.03. The van der Waals surface area contributed by atoms with Crippen molar-refractivity contribution in [3.8, 4) is 28.8 Å². The molecule has 10 heteroatoms. The van der Waals surface area contributed by atoms with Gasteiger partial charge in [-0.1, -0.05) is 11.8 Å². The second kappa shape index (κ2) is 7.01. The van der Waals surface area contributed by atoms with Gasteiger partial charge in [-0.25, -0.2) is 9.37 Å². The fraction of sp³-hybridized carbons (Fsp3) is 0.400. The molecule has 158 valence electrons. The molecule has 1 fully saturated rings. The van der Waals surface area contributed by atoms with Crippen molar-refractivity contribution in [1.82, 2.24) is 9.88 Å². The molecule has 1 amide bonds. The van der Waals surface area contributed by atoms with Gasteiger partial charge in [0.15, 0.2) is 6.23 Å². The maximum Gasteiger partial charge on any atom is 0.267 e. The molecule has 1 aromatic carbocycles. The number of fused-ring (bicyclic) bond motifs is 3. The number of ether oxygens (including phenoxy) is 1. The van der Waals surface area contributed by atoms with Gasteiger partial charge < -0.3 is 30.7 Å². The largest absolute Gasteiger partial charge is 0.489 e. The van der Waals surface area contributed by atoms with Crippen LogP contribution in [0.15, 0.2) is 12.1 Å². The number of hydrogen-bond donors (Lipinski definition) is 4. The van der Waals surface area contributed by atoms with E-state index in [2.05, 4.69) is 16.8 Å². The lowest BCUT2D eigenvalue weighted by Crippen LogP contribution is -2.37. The highest BCUT2D eigenvalue weighted by Gasteiger charge is 2.42. The van der Waals surface area contributed by atoms with E-state index >= 15 is 0 Å². The Morgan fingerprint density at radius 2 is 2.17 bits per heavy atom. The van der Waals surface area contributed by atoms with E-state index < -0.39 is 29.2 Å². The predicted molar refractivity (Wildman–Crippen MR) is 106 cm³/mol. The second-order valence-corrected chi connectivity index (χ2v) is 8.68. The number of aromatic nitrogens is 1. The first-order chi connectivity index (χ1) is 14.0. The van der Waals surface area contributed by atoms with Gasteiger partial charge in [0, 0.05) is 31.6 Å². The smallest absolute Gasteiger partial charge is 0.267 e. The zero-order valence-electron chi connectivity index (χ0n) is 16.3. The third kappa shape index (κ3) is 3.34. The molecule has 3 atom stereocenters. The van der Waals surface area contributed by atoms with E-state index in [1.54, 1.807) is 7.05 Å². The summed E-state index contributed by atoms with van der Waals surface area (Å²) in [4.78, 5) is 18.2. The molecule has 3 heterocycles. The summed E-state index contributed by atoms with van der Waals surface area (Å²) in [5.74, 6) is 3.95. The molecule has 4 rings (SSSR count). The van der Waals surface area contributed by atoms with Crippen molar-refractivity contribution in [3.05, 3.63) is 33.4 Å². The standard InChI is InChI=1S/C20H20FN3O5S/c1-19(27)9-29-13-8-12(21)10(3-4-20(28)5-6-24(2)18(20)26)7-11(13)14-15(19)30-17(23-14)16(22)25/h7-8,16,25,27-28H,5-6,9,22H2,1-2H3. The van der Waals surface area contributed by atoms with Crippen LogP contribution in [0.25, 0.3) is 11.3 Å². The van der Waals surface area contributed by atoms with Gasteiger partial charge in [-0.2, -0.15) is 0 Å². The van der Waals surface area contributed by atoms with Crippen molar-refractivity contribution >= 4 is 17.2 Å². The van der Waals surface area contributed by atoms with E-state index in [9.17, 15) is 24.5 Å². The number of amides is 1. The first kappa shape index (κ1) is 20.7. The van der Waals surface area contributed by atoms with Crippen LogP contribution in [0, 0.1) is 17.7 Å². The van der Waals surface area contributed by atoms with Gasteiger partial charge in [0.1, 0.15) is 28.8 Å². The van der Waals surface area contributed by atoms with Gasteiger partial charge in [0.2, 0.25) is 5.60 Å². The van der Waals surface area contributed by atoms with Crippen molar-refractivity contribution in [3.63, 3.8) is 0 Å². The third-order valence-electron chi connectivity index (χ3n) is 5.13. The molecule has 5 N–H and O–H groups in total.